The van der Waals surface area contributed by atoms with Crippen LogP contribution in [-0.2, 0) is 4.79 Å². The molecule has 3 N–H and O–H groups in total. The quantitative estimate of drug-likeness (QED) is 0.513. The lowest BCUT2D eigenvalue weighted by Crippen LogP contribution is -2.30. The van der Waals surface area contributed by atoms with Crippen LogP contribution in [0.2, 0.25) is 0 Å². The van der Waals surface area contributed by atoms with Crippen LogP contribution >= 0.6 is 0 Å². The maximum atomic E-state index is 11.6. The minimum atomic E-state index is -0.0602. The summed E-state index contributed by atoms with van der Waals surface area (Å²) in [6, 6.07) is 0.392. The Morgan fingerprint density at radius 1 is 1.10 bits per heavy atom. The van der Waals surface area contributed by atoms with Gasteiger partial charge < -0.3 is 16.0 Å². The molecule has 2 unspecified atom stereocenters. The minimum absolute atomic E-state index is 0.0602. The Hall–Kier alpha value is -1.26. The predicted molar refractivity (Wildman–Crippen MR) is 85.2 cm³/mol. The van der Waals surface area contributed by atoms with Crippen molar-refractivity contribution in [2.24, 2.45) is 0 Å². The summed E-state index contributed by atoms with van der Waals surface area (Å²) in [5.74, 6) is 0.177. The van der Waals surface area contributed by atoms with Crippen LogP contribution in [0.25, 0.3) is 0 Å². The standard InChI is InChI=1S/C16H31N3O2/c1-3-4-5-9-12-17-15(20)11-8-6-7-10-14-13(2)18-16(21)19-14/h13-14H,3-12H2,1-2H3,(H,17,20)(H2,18,19,21). The number of nitrogens with one attached hydrogen (secondary N) is 3. The van der Waals surface area contributed by atoms with Crippen LogP contribution < -0.4 is 16.0 Å². The summed E-state index contributed by atoms with van der Waals surface area (Å²) in [7, 11) is 0. The van der Waals surface area contributed by atoms with Crippen molar-refractivity contribution in [2.45, 2.75) is 83.7 Å². The van der Waals surface area contributed by atoms with Gasteiger partial charge in [0.1, 0.15) is 0 Å². The third-order valence-electron chi connectivity index (χ3n) is 4.05. The van der Waals surface area contributed by atoms with Gasteiger partial charge in [-0.15, -0.1) is 0 Å². The Morgan fingerprint density at radius 3 is 2.52 bits per heavy atom. The molecule has 0 radical (unpaired) electrons. The zero-order chi connectivity index (χ0) is 15.5. The Kier molecular flexibility index (Phi) is 8.87. The number of urea groups is 1. The molecule has 1 heterocycles. The van der Waals surface area contributed by atoms with E-state index in [0.29, 0.717) is 6.42 Å². The van der Waals surface area contributed by atoms with E-state index in [1.54, 1.807) is 0 Å². The first-order chi connectivity index (χ1) is 10.1. The van der Waals surface area contributed by atoms with Gasteiger partial charge in [0.2, 0.25) is 5.91 Å². The molecule has 0 aromatic carbocycles. The number of hydrogen-bond acceptors (Lipinski definition) is 2. The zero-order valence-corrected chi connectivity index (χ0v) is 13.5. The Morgan fingerprint density at radius 2 is 1.86 bits per heavy atom. The molecule has 0 saturated carbocycles. The molecular weight excluding hydrogens is 266 g/mol. The highest BCUT2D eigenvalue weighted by atomic mass is 16.2. The van der Waals surface area contributed by atoms with Crippen molar-refractivity contribution in [3.63, 3.8) is 0 Å². The Labute approximate surface area is 128 Å². The molecule has 0 aromatic rings. The normalized spacial score (nSPS) is 21.0. The van der Waals surface area contributed by atoms with E-state index in [-0.39, 0.29) is 24.0 Å². The van der Waals surface area contributed by atoms with E-state index in [1.165, 1.54) is 19.3 Å². The average Bonchev–Trinajstić information content (AvgIpc) is 2.76. The fourth-order valence-corrected chi connectivity index (χ4v) is 2.66. The molecule has 0 aromatic heterocycles. The van der Waals surface area contributed by atoms with E-state index < -0.39 is 0 Å². The first-order valence-corrected chi connectivity index (χ1v) is 8.47. The fraction of sp³-hybridized carbons (Fsp3) is 0.875. The predicted octanol–water partition coefficient (Wildman–Crippen LogP) is 2.70. The smallest absolute Gasteiger partial charge is 0.315 e. The summed E-state index contributed by atoms with van der Waals surface area (Å²) in [5.41, 5.74) is 0. The van der Waals surface area contributed by atoms with E-state index in [2.05, 4.69) is 22.9 Å². The number of unbranched alkanes of at least 4 members (excludes halogenated alkanes) is 5. The lowest BCUT2D eigenvalue weighted by Gasteiger charge is -2.13. The molecular formula is C16H31N3O2. The van der Waals surface area contributed by atoms with E-state index in [9.17, 15) is 9.59 Å². The monoisotopic (exact) mass is 297 g/mol. The third-order valence-corrected chi connectivity index (χ3v) is 4.05. The molecule has 21 heavy (non-hydrogen) atoms. The van der Waals surface area contributed by atoms with Crippen LogP contribution in [0, 0.1) is 0 Å². The molecule has 3 amide bonds. The highest BCUT2D eigenvalue weighted by molar-refractivity contribution is 5.77. The second-order valence-corrected chi connectivity index (χ2v) is 6.02. The van der Waals surface area contributed by atoms with Crippen LogP contribution in [0.3, 0.4) is 0 Å². The fourth-order valence-electron chi connectivity index (χ4n) is 2.66. The number of carbonyl (C=O) groups is 2. The second kappa shape index (κ2) is 10.5. The molecule has 2 atom stereocenters. The molecule has 5 nitrogen and oxygen atoms in total. The summed E-state index contributed by atoms with van der Waals surface area (Å²) in [6.45, 7) is 5.02. The largest absolute Gasteiger partial charge is 0.356 e. The van der Waals surface area contributed by atoms with E-state index in [4.69, 9.17) is 0 Å². The SMILES string of the molecule is CCCCCCNC(=O)CCCCCC1NC(=O)NC1C. The van der Waals surface area contributed by atoms with Crippen molar-refractivity contribution in [3.8, 4) is 0 Å². The van der Waals surface area contributed by atoms with Crippen molar-refractivity contribution in [1.29, 1.82) is 0 Å². The highest BCUT2D eigenvalue weighted by Crippen LogP contribution is 2.11. The van der Waals surface area contributed by atoms with Crippen LogP contribution in [-0.4, -0.2) is 30.6 Å². The Bertz CT molecular complexity index is 321. The topological polar surface area (TPSA) is 70.2 Å². The van der Waals surface area contributed by atoms with Gasteiger partial charge in [-0.3, -0.25) is 4.79 Å². The van der Waals surface area contributed by atoms with Gasteiger partial charge in [-0.25, -0.2) is 4.79 Å². The second-order valence-electron chi connectivity index (χ2n) is 6.02. The van der Waals surface area contributed by atoms with Gasteiger partial charge in [0.15, 0.2) is 0 Å². The zero-order valence-electron chi connectivity index (χ0n) is 13.5. The van der Waals surface area contributed by atoms with Gasteiger partial charge in [-0.1, -0.05) is 39.0 Å². The van der Waals surface area contributed by atoms with Crippen LogP contribution in [0.1, 0.15) is 71.6 Å². The molecule has 1 aliphatic rings. The van der Waals surface area contributed by atoms with Gasteiger partial charge in [0.05, 0.1) is 6.04 Å². The number of rotatable bonds is 11. The molecule has 0 spiro atoms. The van der Waals surface area contributed by atoms with Crippen molar-refractivity contribution < 1.29 is 9.59 Å². The first-order valence-electron chi connectivity index (χ1n) is 8.47. The van der Waals surface area contributed by atoms with Gasteiger partial charge in [0, 0.05) is 19.0 Å². The first kappa shape index (κ1) is 17.8. The summed E-state index contributed by atoms with van der Waals surface area (Å²) in [4.78, 5) is 22.7. The molecule has 1 rings (SSSR count). The number of hydrogen-bond donors (Lipinski definition) is 3. The summed E-state index contributed by atoms with van der Waals surface area (Å²) in [6.07, 6.45) is 9.41. The summed E-state index contributed by atoms with van der Waals surface area (Å²) >= 11 is 0. The van der Waals surface area contributed by atoms with E-state index >= 15 is 0 Å². The molecule has 0 aliphatic carbocycles. The van der Waals surface area contributed by atoms with Crippen LogP contribution in [0.4, 0.5) is 4.79 Å². The summed E-state index contributed by atoms with van der Waals surface area (Å²) < 4.78 is 0. The van der Waals surface area contributed by atoms with Crippen LogP contribution in [0.15, 0.2) is 0 Å². The van der Waals surface area contributed by atoms with Crippen LogP contribution in [0.5, 0.6) is 0 Å². The van der Waals surface area contributed by atoms with Gasteiger partial charge in [-0.2, -0.15) is 0 Å². The molecule has 1 saturated heterocycles. The number of amides is 3. The molecule has 1 fully saturated rings. The maximum absolute atomic E-state index is 11.6. The van der Waals surface area contributed by atoms with E-state index in [1.807, 2.05) is 6.92 Å². The maximum Gasteiger partial charge on any atom is 0.315 e. The average molecular weight is 297 g/mol. The highest BCUT2D eigenvalue weighted by Gasteiger charge is 2.26. The molecule has 5 heteroatoms. The minimum Gasteiger partial charge on any atom is -0.356 e. The number of carbonyl (C=O) groups excluding carboxylic acids is 2. The summed E-state index contributed by atoms with van der Waals surface area (Å²) in [5, 5.41) is 8.75. The Balaban J connectivity index is 1.91. The van der Waals surface area contributed by atoms with Gasteiger partial charge >= 0.3 is 6.03 Å². The van der Waals surface area contributed by atoms with Crippen molar-refractivity contribution in [3.05, 3.63) is 0 Å². The van der Waals surface area contributed by atoms with Crippen molar-refractivity contribution >= 4 is 11.9 Å². The third kappa shape index (κ3) is 7.93. The van der Waals surface area contributed by atoms with Gasteiger partial charge in [-0.05, 0) is 26.2 Å². The molecule has 122 valence electrons. The lowest BCUT2D eigenvalue weighted by atomic mass is 10.0. The van der Waals surface area contributed by atoms with Gasteiger partial charge in [0.25, 0.3) is 0 Å². The van der Waals surface area contributed by atoms with Crippen molar-refractivity contribution in [2.75, 3.05) is 6.54 Å². The van der Waals surface area contributed by atoms with E-state index in [0.717, 1.165) is 38.6 Å². The molecule has 0 bridgehead atoms. The van der Waals surface area contributed by atoms with Crippen molar-refractivity contribution in [1.82, 2.24) is 16.0 Å². The lowest BCUT2D eigenvalue weighted by molar-refractivity contribution is -0.121. The molecule has 1 aliphatic heterocycles.